The maximum Gasteiger partial charge on any atom is 0.310 e. The van der Waals surface area contributed by atoms with Crippen LogP contribution in [0.5, 0.6) is 5.75 Å². The quantitative estimate of drug-likeness (QED) is 0.198. The summed E-state index contributed by atoms with van der Waals surface area (Å²) in [5.74, 6) is 1.05. The SMILES string of the molecule is CCOC(=O)Cc1ccc(C)cc1OCc1cc(-c2cccc(C[C@@H](N)F)c2)c2oc(COC)cc2c1. The van der Waals surface area contributed by atoms with Crippen LogP contribution < -0.4 is 10.5 Å². The van der Waals surface area contributed by atoms with Gasteiger partial charge in [-0.15, -0.1) is 0 Å². The Hall–Kier alpha value is -3.68. The number of benzene rings is 3. The van der Waals surface area contributed by atoms with Gasteiger partial charge in [-0.05, 0) is 60.4 Å². The van der Waals surface area contributed by atoms with Gasteiger partial charge in [0.15, 0.2) is 6.30 Å². The molecule has 0 aliphatic heterocycles. The molecule has 0 spiro atoms. The van der Waals surface area contributed by atoms with E-state index < -0.39 is 6.30 Å². The predicted octanol–water partition coefficient (Wildman–Crippen LogP) is 6.04. The van der Waals surface area contributed by atoms with Gasteiger partial charge < -0.3 is 24.4 Å². The molecule has 37 heavy (non-hydrogen) atoms. The van der Waals surface area contributed by atoms with Crippen molar-refractivity contribution in [2.45, 2.75) is 46.2 Å². The molecule has 0 aliphatic rings. The topological polar surface area (TPSA) is 83.9 Å². The first-order valence-corrected chi connectivity index (χ1v) is 12.3. The lowest BCUT2D eigenvalue weighted by Gasteiger charge is -2.14. The Bertz CT molecular complexity index is 1380. The Labute approximate surface area is 216 Å². The molecule has 4 rings (SSSR count). The summed E-state index contributed by atoms with van der Waals surface area (Å²) in [4.78, 5) is 12.1. The zero-order chi connectivity index (χ0) is 26.4. The monoisotopic (exact) mass is 505 g/mol. The number of furan rings is 1. The minimum absolute atomic E-state index is 0.128. The molecule has 0 bridgehead atoms. The molecule has 1 aromatic heterocycles. The second-order valence-corrected chi connectivity index (χ2v) is 9.01. The van der Waals surface area contributed by atoms with Gasteiger partial charge in [0, 0.05) is 30.0 Å². The average molecular weight is 506 g/mol. The number of methoxy groups -OCH3 is 1. The van der Waals surface area contributed by atoms with E-state index in [4.69, 9.17) is 24.4 Å². The van der Waals surface area contributed by atoms with Crippen LogP contribution in [0.25, 0.3) is 22.1 Å². The number of hydrogen-bond donors (Lipinski definition) is 1. The fourth-order valence-electron chi connectivity index (χ4n) is 4.34. The molecule has 1 heterocycles. The van der Waals surface area contributed by atoms with Crippen molar-refractivity contribution in [3.05, 3.63) is 88.7 Å². The minimum atomic E-state index is -1.43. The van der Waals surface area contributed by atoms with E-state index >= 15 is 0 Å². The molecule has 0 aliphatic carbocycles. The van der Waals surface area contributed by atoms with E-state index in [-0.39, 0.29) is 25.4 Å². The Morgan fingerprint density at radius 2 is 1.89 bits per heavy atom. The summed E-state index contributed by atoms with van der Waals surface area (Å²) in [6, 6.07) is 19.4. The minimum Gasteiger partial charge on any atom is -0.489 e. The second kappa shape index (κ2) is 12.0. The molecule has 3 aromatic carbocycles. The number of rotatable bonds is 11. The Morgan fingerprint density at radius 3 is 2.65 bits per heavy atom. The van der Waals surface area contributed by atoms with Crippen molar-refractivity contribution in [2.24, 2.45) is 5.73 Å². The first kappa shape index (κ1) is 26.4. The van der Waals surface area contributed by atoms with Crippen molar-refractivity contribution >= 4 is 16.9 Å². The lowest BCUT2D eigenvalue weighted by molar-refractivity contribution is -0.142. The summed E-state index contributed by atoms with van der Waals surface area (Å²) in [7, 11) is 1.62. The van der Waals surface area contributed by atoms with Gasteiger partial charge in [-0.25, -0.2) is 4.39 Å². The third-order valence-electron chi connectivity index (χ3n) is 5.94. The van der Waals surface area contributed by atoms with E-state index in [1.807, 2.05) is 67.6 Å². The zero-order valence-electron chi connectivity index (χ0n) is 21.4. The van der Waals surface area contributed by atoms with Crippen LogP contribution in [-0.4, -0.2) is 26.0 Å². The van der Waals surface area contributed by atoms with Crippen LogP contribution in [0.1, 0.15) is 34.9 Å². The van der Waals surface area contributed by atoms with Crippen molar-refractivity contribution in [1.82, 2.24) is 0 Å². The number of carbonyl (C=O) groups excluding carboxylic acids is 1. The molecule has 0 radical (unpaired) electrons. The smallest absolute Gasteiger partial charge is 0.310 e. The summed E-state index contributed by atoms with van der Waals surface area (Å²) < 4.78 is 36.2. The Kier molecular flexibility index (Phi) is 8.58. The summed E-state index contributed by atoms with van der Waals surface area (Å²) in [6.45, 7) is 4.72. The number of nitrogens with two attached hydrogens (primary N) is 1. The van der Waals surface area contributed by atoms with E-state index in [0.717, 1.165) is 44.3 Å². The lowest BCUT2D eigenvalue weighted by Crippen LogP contribution is -2.15. The maximum atomic E-state index is 13.5. The van der Waals surface area contributed by atoms with Gasteiger partial charge in [-0.2, -0.15) is 0 Å². The highest BCUT2D eigenvalue weighted by atomic mass is 19.1. The molecule has 6 nitrogen and oxygen atoms in total. The molecule has 0 unspecified atom stereocenters. The molecule has 7 heteroatoms. The number of esters is 1. The van der Waals surface area contributed by atoms with Crippen LogP contribution >= 0.6 is 0 Å². The fraction of sp³-hybridized carbons (Fsp3) is 0.300. The number of halogens is 1. The number of carbonyl (C=O) groups is 1. The normalized spacial score (nSPS) is 12.0. The molecular formula is C30H32FNO5. The number of alkyl halides is 1. The van der Waals surface area contributed by atoms with Gasteiger partial charge in [-0.1, -0.05) is 36.4 Å². The highest BCUT2D eigenvalue weighted by Gasteiger charge is 2.15. The number of hydrogen-bond acceptors (Lipinski definition) is 6. The number of aryl methyl sites for hydroxylation is 1. The highest BCUT2D eigenvalue weighted by Crippen LogP contribution is 2.34. The number of fused-ring (bicyclic) bond motifs is 1. The van der Waals surface area contributed by atoms with Gasteiger partial charge in [0.05, 0.1) is 13.0 Å². The molecule has 0 fully saturated rings. The highest BCUT2D eigenvalue weighted by molar-refractivity contribution is 5.93. The van der Waals surface area contributed by atoms with E-state index in [1.165, 1.54) is 0 Å². The average Bonchev–Trinajstić information content (AvgIpc) is 3.26. The molecular weight excluding hydrogens is 473 g/mol. The van der Waals surface area contributed by atoms with Gasteiger partial charge in [-0.3, -0.25) is 4.79 Å². The molecule has 1 atom stereocenters. The summed E-state index contributed by atoms with van der Waals surface area (Å²) in [5.41, 5.74) is 11.4. The van der Waals surface area contributed by atoms with Crippen LogP contribution in [0, 0.1) is 6.92 Å². The molecule has 194 valence electrons. The van der Waals surface area contributed by atoms with Crippen molar-refractivity contribution in [3.63, 3.8) is 0 Å². The summed E-state index contributed by atoms with van der Waals surface area (Å²) >= 11 is 0. The zero-order valence-corrected chi connectivity index (χ0v) is 21.4. The standard InChI is InChI=1S/C30H32FNO5/c1-4-35-29(33)16-23-9-8-19(2)10-27(23)36-17-21-12-24-15-25(18-34-3)37-30(24)26(13-21)22-7-5-6-20(11-22)14-28(31)32/h5-13,15,28H,4,14,16-18,32H2,1-3H3/t28-/m1/s1. The van der Waals surface area contributed by atoms with Gasteiger partial charge in [0.25, 0.3) is 0 Å². The van der Waals surface area contributed by atoms with E-state index in [0.29, 0.717) is 24.7 Å². The van der Waals surface area contributed by atoms with E-state index in [2.05, 4.69) is 0 Å². The van der Waals surface area contributed by atoms with Crippen molar-refractivity contribution < 1.29 is 27.8 Å². The third-order valence-corrected chi connectivity index (χ3v) is 5.94. The van der Waals surface area contributed by atoms with Crippen LogP contribution in [0.3, 0.4) is 0 Å². The Morgan fingerprint density at radius 1 is 1.05 bits per heavy atom. The van der Waals surface area contributed by atoms with E-state index in [1.54, 1.807) is 14.0 Å². The second-order valence-electron chi connectivity index (χ2n) is 9.01. The van der Waals surface area contributed by atoms with E-state index in [9.17, 15) is 9.18 Å². The fourth-order valence-corrected chi connectivity index (χ4v) is 4.34. The first-order valence-electron chi connectivity index (χ1n) is 12.3. The number of ether oxygens (including phenoxy) is 3. The summed E-state index contributed by atoms with van der Waals surface area (Å²) in [6.07, 6.45) is -1.16. The van der Waals surface area contributed by atoms with Crippen LogP contribution in [-0.2, 0) is 40.3 Å². The van der Waals surface area contributed by atoms with Crippen LogP contribution in [0.2, 0.25) is 0 Å². The van der Waals surface area contributed by atoms with Crippen molar-refractivity contribution in [1.29, 1.82) is 0 Å². The van der Waals surface area contributed by atoms with Gasteiger partial charge in [0.2, 0.25) is 0 Å². The lowest BCUT2D eigenvalue weighted by atomic mass is 9.98. The van der Waals surface area contributed by atoms with Crippen molar-refractivity contribution in [3.8, 4) is 16.9 Å². The molecule has 0 saturated carbocycles. The maximum absolute atomic E-state index is 13.5. The summed E-state index contributed by atoms with van der Waals surface area (Å²) in [5, 5.41) is 0.909. The largest absolute Gasteiger partial charge is 0.489 e. The van der Waals surface area contributed by atoms with Gasteiger partial charge >= 0.3 is 5.97 Å². The Balaban J connectivity index is 1.69. The van der Waals surface area contributed by atoms with Crippen molar-refractivity contribution in [2.75, 3.05) is 13.7 Å². The predicted molar refractivity (Wildman–Crippen MR) is 141 cm³/mol. The van der Waals surface area contributed by atoms with Crippen LogP contribution in [0.4, 0.5) is 4.39 Å². The van der Waals surface area contributed by atoms with Gasteiger partial charge in [0.1, 0.15) is 30.3 Å². The molecule has 0 saturated heterocycles. The molecule has 0 amide bonds. The first-order chi connectivity index (χ1) is 17.9. The third kappa shape index (κ3) is 6.76. The molecule has 2 N–H and O–H groups in total. The van der Waals surface area contributed by atoms with Crippen LogP contribution in [0.15, 0.2) is 65.1 Å². The molecule has 4 aromatic rings.